The van der Waals surface area contributed by atoms with Gasteiger partial charge in [0.25, 0.3) is 0 Å². The molecule has 2 aromatic rings. The number of benzene rings is 2. The molecule has 2 rings (SSSR count). The summed E-state index contributed by atoms with van der Waals surface area (Å²) in [5.41, 5.74) is 0.878. The minimum absolute atomic E-state index is 0.0233. The van der Waals surface area contributed by atoms with E-state index in [4.69, 9.17) is 27.9 Å². The number of hydrogen-bond donors (Lipinski definition) is 1. The number of anilines is 1. The first-order valence-electron chi connectivity index (χ1n) is 11.6. The average Bonchev–Trinajstić information content (AvgIpc) is 2.82. The number of amides is 2. The molecule has 0 saturated heterocycles. The van der Waals surface area contributed by atoms with Gasteiger partial charge in [0.05, 0.1) is 28.6 Å². The van der Waals surface area contributed by atoms with Crippen LogP contribution in [0.5, 0.6) is 5.75 Å². The number of nitrogens with one attached hydrogen (secondary N) is 1. The molecule has 8 nitrogen and oxygen atoms in total. The van der Waals surface area contributed by atoms with Crippen molar-refractivity contribution in [1.29, 1.82) is 0 Å². The Bertz CT molecular complexity index is 1180. The van der Waals surface area contributed by atoms with Gasteiger partial charge in [-0.3, -0.25) is 13.9 Å². The maximum Gasteiger partial charge on any atom is 0.244 e. The van der Waals surface area contributed by atoms with Gasteiger partial charge in [-0.05, 0) is 57.0 Å². The number of rotatable bonds is 12. The van der Waals surface area contributed by atoms with Crippen LogP contribution in [0.3, 0.4) is 0 Å². The highest BCUT2D eigenvalue weighted by atomic mass is 35.5. The lowest BCUT2D eigenvalue weighted by Crippen LogP contribution is -2.52. The molecule has 0 aliphatic rings. The van der Waals surface area contributed by atoms with Crippen LogP contribution in [0.25, 0.3) is 0 Å². The van der Waals surface area contributed by atoms with Crippen LogP contribution in [0.4, 0.5) is 5.69 Å². The van der Waals surface area contributed by atoms with E-state index in [1.54, 1.807) is 56.3 Å². The van der Waals surface area contributed by atoms with Crippen molar-refractivity contribution in [2.24, 2.45) is 0 Å². The van der Waals surface area contributed by atoms with Crippen LogP contribution < -0.4 is 14.4 Å². The van der Waals surface area contributed by atoms with Crippen molar-refractivity contribution in [3.63, 3.8) is 0 Å². The van der Waals surface area contributed by atoms with Gasteiger partial charge >= 0.3 is 0 Å². The second-order valence-electron chi connectivity index (χ2n) is 8.43. The van der Waals surface area contributed by atoms with Crippen molar-refractivity contribution in [1.82, 2.24) is 10.2 Å². The number of carbonyl (C=O) groups is 2. The van der Waals surface area contributed by atoms with E-state index in [9.17, 15) is 18.0 Å². The molecule has 11 heteroatoms. The maximum atomic E-state index is 13.6. The van der Waals surface area contributed by atoms with Crippen LogP contribution in [0.2, 0.25) is 10.0 Å². The Kier molecular flexibility index (Phi) is 10.9. The number of hydrogen-bond acceptors (Lipinski definition) is 5. The molecule has 0 bridgehead atoms. The smallest absolute Gasteiger partial charge is 0.244 e. The predicted octanol–water partition coefficient (Wildman–Crippen LogP) is 4.49. The van der Waals surface area contributed by atoms with E-state index in [0.717, 1.165) is 17.0 Å². The molecule has 0 spiro atoms. The Morgan fingerprint density at radius 2 is 1.72 bits per heavy atom. The van der Waals surface area contributed by atoms with Crippen molar-refractivity contribution in [3.05, 3.63) is 58.1 Å². The first-order chi connectivity index (χ1) is 16.9. The summed E-state index contributed by atoms with van der Waals surface area (Å²) in [6, 6.07) is 10.5. The van der Waals surface area contributed by atoms with Crippen LogP contribution in [0.15, 0.2) is 42.5 Å². The Labute approximate surface area is 223 Å². The Hall–Kier alpha value is -2.49. The summed E-state index contributed by atoms with van der Waals surface area (Å²) in [5.74, 6) is -0.584. The molecule has 0 radical (unpaired) electrons. The van der Waals surface area contributed by atoms with Gasteiger partial charge in [-0.25, -0.2) is 8.42 Å². The highest BCUT2D eigenvalue weighted by molar-refractivity contribution is 7.92. The number of halogens is 2. The Morgan fingerprint density at radius 1 is 1.06 bits per heavy atom. The molecule has 0 aromatic heterocycles. The Morgan fingerprint density at radius 3 is 2.31 bits per heavy atom. The van der Waals surface area contributed by atoms with E-state index in [0.29, 0.717) is 28.0 Å². The van der Waals surface area contributed by atoms with Crippen LogP contribution >= 0.6 is 23.2 Å². The van der Waals surface area contributed by atoms with E-state index < -0.39 is 28.5 Å². The Balaban J connectivity index is 2.45. The summed E-state index contributed by atoms with van der Waals surface area (Å²) in [4.78, 5) is 27.9. The number of para-hydroxylation sites is 2. The minimum Gasteiger partial charge on any atom is -0.492 e. The summed E-state index contributed by atoms with van der Waals surface area (Å²) < 4.78 is 32.1. The quantitative estimate of drug-likeness (QED) is 0.414. The lowest BCUT2D eigenvalue weighted by atomic mass is 10.1. The molecule has 0 heterocycles. The van der Waals surface area contributed by atoms with Crippen LogP contribution in [-0.2, 0) is 26.2 Å². The number of sulfonamides is 1. The number of nitrogens with zero attached hydrogens (tertiary/aromatic N) is 2. The van der Waals surface area contributed by atoms with Gasteiger partial charge in [0.15, 0.2) is 0 Å². The summed E-state index contributed by atoms with van der Waals surface area (Å²) in [5, 5.41) is 3.55. The molecule has 0 aliphatic heterocycles. The fourth-order valence-corrected chi connectivity index (χ4v) is 4.59. The second kappa shape index (κ2) is 13.2. The molecule has 2 aromatic carbocycles. The number of carbonyl (C=O) groups excluding carboxylic acids is 2. The zero-order chi connectivity index (χ0) is 27.0. The standard InChI is InChI=1S/C25H33Cl2N3O5S/c1-6-17(3)28-25(32)18(4)29(15-19-12-13-20(26)21(27)14-19)24(31)16-30(36(5,33)34)22-10-8-9-11-23(22)35-7-2/h8-14,17-18H,6-7,15-16H2,1-5H3,(H,28,32)/t17-,18-/m1/s1. The topological polar surface area (TPSA) is 96.0 Å². The second-order valence-corrected chi connectivity index (χ2v) is 11.2. The van der Waals surface area contributed by atoms with E-state index in [-0.39, 0.29) is 24.2 Å². The van der Waals surface area contributed by atoms with E-state index >= 15 is 0 Å². The van der Waals surface area contributed by atoms with E-state index in [1.807, 2.05) is 13.8 Å². The monoisotopic (exact) mass is 557 g/mol. The van der Waals surface area contributed by atoms with Gasteiger partial charge in [0.1, 0.15) is 18.3 Å². The van der Waals surface area contributed by atoms with Crippen LogP contribution in [-0.4, -0.2) is 56.6 Å². The highest BCUT2D eigenvalue weighted by Crippen LogP contribution is 2.30. The maximum absolute atomic E-state index is 13.6. The zero-order valence-corrected chi connectivity index (χ0v) is 23.5. The molecule has 2 atom stereocenters. The first-order valence-corrected chi connectivity index (χ1v) is 14.2. The minimum atomic E-state index is -3.87. The molecular weight excluding hydrogens is 525 g/mol. The summed E-state index contributed by atoms with van der Waals surface area (Å²) in [6.45, 7) is 7.01. The van der Waals surface area contributed by atoms with Crippen LogP contribution in [0.1, 0.15) is 39.7 Å². The zero-order valence-electron chi connectivity index (χ0n) is 21.1. The van der Waals surface area contributed by atoms with Gasteiger partial charge in [-0.2, -0.15) is 0 Å². The van der Waals surface area contributed by atoms with Gasteiger partial charge < -0.3 is 15.0 Å². The lowest BCUT2D eigenvalue weighted by molar-refractivity contribution is -0.139. The molecule has 198 valence electrons. The molecule has 1 N–H and O–H groups in total. The van der Waals surface area contributed by atoms with Gasteiger partial charge in [-0.15, -0.1) is 0 Å². The molecule has 36 heavy (non-hydrogen) atoms. The van der Waals surface area contributed by atoms with Crippen molar-refractivity contribution in [2.45, 2.75) is 52.7 Å². The molecular formula is C25H33Cl2N3O5S. The van der Waals surface area contributed by atoms with Crippen molar-refractivity contribution in [2.75, 3.05) is 23.7 Å². The highest BCUT2D eigenvalue weighted by Gasteiger charge is 2.31. The van der Waals surface area contributed by atoms with E-state index in [2.05, 4.69) is 5.32 Å². The molecule has 0 saturated carbocycles. The largest absolute Gasteiger partial charge is 0.492 e. The molecule has 0 aliphatic carbocycles. The van der Waals surface area contributed by atoms with Crippen LogP contribution in [0, 0.1) is 0 Å². The third-order valence-electron chi connectivity index (χ3n) is 5.62. The lowest BCUT2D eigenvalue weighted by Gasteiger charge is -2.32. The summed E-state index contributed by atoms with van der Waals surface area (Å²) in [6.07, 6.45) is 1.74. The molecule has 0 unspecified atom stereocenters. The van der Waals surface area contributed by atoms with Gasteiger partial charge in [0.2, 0.25) is 21.8 Å². The predicted molar refractivity (Wildman–Crippen MR) is 144 cm³/mol. The van der Waals surface area contributed by atoms with Gasteiger partial charge in [0, 0.05) is 12.6 Å². The summed E-state index contributed by atoms with van der Waals surface area (Å²) >= 11 is 12.2. The van der Waals surface area contributed by atoms with Crippen molar-refractivity contribution < 1.29 is 22.7 Å². The third kappa shape index (κ3) is 8.01. The van der Waals surface area contributed by atoms with Crippen molar-refractivity contribution >= 4 is 50.7 Å². The third-order valence-corrected chi connectivity index (χ3v) is 7.48. The first kappa shape index (κ1) is 29.7. The van der Waals surface area contributed by atoms with E-state index in [1.165, 1.54) is 4.90 Å². The average molecular weight is 559 g/mol. The fraction of sp³-hybridized carbons (Fsp3) is 0.440. The molecule has 2 amide bonds. The SMILES string of the molecule is CCOc1ccccc1N(CC(=O)N(Cc1ccc(Cl)c(Cl)c1)[C@H](C)C(=O)N[C@H](C)CC)S(C)(=O)=O. The normalized spacial score (nSPS) is 13.0. The summed E-state index contributed by atoms with van der Waals surface area (Å²) in [7, 11) is -3.87. The van der Waals surface area contributed by atoms with Crippen molar-refractivity contribution in [3.8, 4) is 5.75 Å². The molecule has 0 fully saturated rings. The fourth-order valence-electron chi connectivity index (χ4n) is 3.42. The number of ether oxygens (including phenoxy) is 1. The van der Waals surface area contributed by atoms with Gasteiger partial charge in [-0.1, -0.05) is 48.3 Å².